The molecule has 1 unspecified atom stereocenters. The van der Waals surface area contributed by atoms with Gasteiger partial charge in [-0.2, -0.15) is 0 Å². The van der Waals surface area contributed by atoms with Gasteiger partial charge in [-0.25, -0.2) is 13.2 Å². The number of carbonyl (C=O) groups excluding carboxylic acids is 1. The first-order valence-electron chi connectivity index (χ1n) is 5.14. The number of carbonyl (C=O) groups is 1. The molecule has 1 atom stereocenters. The highest BCUT2D eigenvalue weighted by atomic mass is 19.1. The van der Waals surface area contributed by atoms with Gasteiger partial charge < -0.3 is 10.6 Å². The van der Waals surface area contributed by atoms with Crippen LogP contribution in [0.4, 0.5) is 18.9 Å². The molecule has 1 aromatic rings. The second-order valence-electron chi connectivity index (χ2n) is 3.51. The van der Waals surface area contributed by atoms with E-state index in [9.17, 15) is 18.0 Å². The molecule has 1 aromatic carbocycles. The minimum Gasteiger partial charge on any atom is -0.369 e. The van der Waals surface area contributed by atoms with Crippen molar-refractivity contribution in [3.8, 4) is 0 Å². The summed E-state index contributed by atoms with van der Waals surface area (Å²) in [5.74, 6) is -3.54. The van der Waals surface area contributed by atoms with E-state index < -0.39 is 35.1 Å². The van der Waals surface area contributed by atoms with Crippen LogP contribution in [-0.4, -0.2) is 18.5 Å². The summed E-state index contributed by atoms with van der Waals surface area (Å²) in [6.07, 6.45) is 0. The van der Waals surface area contributed by atoms with Gasteiger partial charge in [-0.15, -0.1) is 0 Å². The third-order valence-corrected chi connectivity index (χ3v) is 2.11. The van der Waals surface area contributed by atoms with Crippen LogP contribution in [-0.2, 0) is 4.79 Å². The Bertz CT molecular complexity index is 400. The molecule has 0 radical (unpaired) electrons. The molecule has 1 amide bonds. The topological polar surface area (TPSA) is 41.1 Å². The summed E-state index contributed by atoms with van der Waals surface area (Å²) < 4.78 is 39.1. The predicted octanol–water partition coefficient (Wildman–Crippen LogP) is 2.04. The SMILES string of the molecule is CCNC(=O)C(C)Nc1c(F)cc(F)cc1F. The number of nitrogens with one attached hydrogen (secondary N) is 2. The Morgan fingerprint density at radius 1 is 1.29 bits per heavy atom. The van der Waals surface area contributed by atoms with Gasteiger partial charge in [-0.05, 0) is 13.8 Å². The Hall–Kier alpha value is -1.72. The number of rotatable bonds is 4. The number of likely N-dealkylation sites (N-methyl/N-ethyl adjacent to an activating group) is 1. The molecule has 0 aliphatic rings. The highest BCUT2D eigenvalue weighted by molar-refractivity contribution is 5.84. The minimum atomic E-state index is -1.07. The molecule has 0 saturated carbocycles. The maximum Gasteiger partial charge on any atom is 0.242 e. The highest BCUT2D eigenvalue weighted by Gasteiger charge is 2.17. The van der Waals surface area contributed by atoms with Crippen molar-refractivity contribution in [3.63, 3.8) is 0 Å². The lowest BCUT2D eigenvalue weighted by Gasteiger charge is -2.15. The first-order valence-corrected chi connectivity index (χ1v) is 5.14. The summed E-state index contributed by atoms with van der Waals surface area (Å²) in [5.41, 5.74) is -0.509. The van der Waals surface area contributed by atoms with Crippen molar-refractivity contribution < 1.29 is 18.0 Å². The summed E-state index contributed by atoms with van der Waals surface area (Å²) in [5, 5.41) is 4.86. The van der Waals surface area contributed by atoms with E-state index in [2.05, 4.69) is 10.6 Å². The van der Waals surface area contributed by atoms with Crippen molar-refractivity contribution in [1.29, 1.82) is 0 Å². The van der Waals surface area contributed by atoms with Crippen LogP contribution in [0.15, 0.2) is 12.1 Å². The molecule has 0 aliphatic carbocycles. The van der Waals surface area contributed by atoms with E-state index in [1.165, 1.54) is 6.92 Å². The van der Waals surface area contributed by atoms with Crippen LogP contribution in [0.25, 0.3) is 0 Å². The van der Waals surface area contributed by atoms with Crippen molar-refractivity contribution in [2.24, 2.45) is 0 Å². The van der Waals surface area contributed by atoms with Gasteiger partial charge >= 0.3 is 0 Å². The smallest absolute Gasteiger partial charge is 0.242 e. The Morgan fingerprint density at radius 2 is 1.82 bits per heavy atom. The molecule has 17 heavy (non-hydrogen) atoms. The van der Waals surface area contributed by atoms with Crippen LogP contribution in [0.3, 0.4) is 0 Å². The van der Waals surface area contributed by atoms with Gasteiger partial charge in [0.2, 0.25) is 5.91 Å². The van der Waals surface area contributed by atoms with Gasteiger partial charge in [0.05, 0.1) is 0 Å². The van der Waals surface area contributed by atoms with Crippen LogP contribution in [0.2, 0.25) is 0 Å². The van der Waals surface area contributed by atoms with E-state index in [0.717, 1.165) is 0 Å². The van der Waals surface area contributed by atoms with Crippen LogP contribution in [0.1, 0.15) is 13.8 Å². The molecule has 0 aromatic heterocycles. The summed E-state index contributed by atoms with van der Waals surface area (Å²) in [4.78, 5) is 11.3. The van der Waals surface area contributed by atoms with E-state index in [0.29, 0.717) is 18.7 Å². The predicted molar refractivity (Wildman–Crippen MR) is 58.1 cm³/mol. The molecule has 0 spiro atoms. The average molecular weight is 246 g/mol. The van der Waals surface area contributed by atoms with Crippen molar-refractivity contribution in [2.75, 3.05) is 11.9 Å². The standard InChI is InChI=1S/C11H13F3N2O/c1-3-15-11(17)6(2)16-10-8(13)4-7(12)5-9(10)14/h4-6,16H,3H2,1-2H3,(H,15,17). The van der Waals surface area contributed by atoms with Crippen LogP contribution in [0, 0.1) is 17.5 Å². The Morgan fingerprint density at radius 3 is 2.29 bits per heavy atom. The van der Waals surface area contributed by atoms with Crippen LogP contribution < -0.4 is 10.6 Å². The molecule has 0 saturated heterocycles. The zero-order valence-electron chi connectivity index (χ0n) is 9.48. The lowest BCUT2D eigenvalue weighted by molar-refractivity contribution is -0.121. The number of halogens is 3. The number of anilines is 1. The molecular weight excluding hydrogens is 233 g/mol. The third-order valence-electron chi connectivity index (χ3n) is 2.11. The molecule has 6 heteroatoms. The number of benzene rings is 1. The molecule has 1 rings (SSSR count). The Labute approximate surface area is 97.0 Å². The van der Waals surface area contributed by atoms with Crippen LogP contribution >= 0.6 is 0 Å². The summed E-state index contributed by atoms with van der Waals surface area (Å²) in [6, 6.07) is 0.288. The van der Waals surface area contributed by atoms with Gasteiger partial charge in [0, 0.05) is 18.7 Å². The largest absolute Gasteiger partial charge is 0.369 e. The molecule has 0 aliphatic heterocycles. The van der Waals surface area contributed by atoms with E-state index in [1.54, 1.807) is 6.92 Å². The van der Waals surface area contributed by atoms with Gasteiger partial charge in [0.15, 0.2) is 11.6 Å². The fourth-order valence-corrected chi connectivity index (χ4v) is 1.29. The highest BCUT2D eigenvalue weighted by Crippen LogP contribution is 2.20. The lowest BCUT2D eigenvalue weighted by atomic mass is 10.2. The minimum absolute atomic E-state index is 0.393. The van der Waals surface area contributed by atoms with E-state index in [-0.39, 0.29) is 0 Å². The molecule has 3 nitrogen and oxygen atoms in total. The first-order chi connectivity index (χ1) is 7.95. The Kier molecular flexibility index (Phi) is 4.37. The van der Waals surface area contributed by atoms with Crippen LogP contribution in [0.5, 0.6) is 0 Å². The second-order valence-corrected chi connectivity index (χ2v) is 3.51. The van der Waals surface area contributed by atoms with Crippen molar-refractivity contribution in [3.05, 3.63) is 29.6 Å². The third kappa shape index (κ3) is 3.37. The van der Waals surface area contributed by atoms with E-state index >= 15 is 0 Å². The fourth-order valence-electron chi connectivity index (χ4n) is 1.29. The van der Waals surface area contributed by atoms with Gasteiger partial charge in [-0.3, -0.25) is 4.79 Å². The first kappa shape index (κ1) is 13.3. The molecule has 0 fully saturated rings. The molecular formula is C11H13F3N2O. The summed E-state index contributed by atoms with van der Waals surface area (Å²) in [7, 11) is 0. The van der Waals surface area contributed by atoms with E-state index in [1.807, 2.05) is 0 Å². The number of hydrogen-bond acceptors (Lipinski definition) is 2. The molecule has 94 valence electrons. The zero-order valence-corrected chi connectivity index (χ0v) is 9.48. The Balaban J connectivity index is 2.85. The van der Waals surface area contributed by atoms with Crippen molar-refractivity contribution >= 4 is 11.6 Å². The molecule has 0 heterocycles. The fraction of sp³-hybridized carbons (Fsp3) is 0.364. The summed E-state index contributed by atoms with van der Waals surface area (Å²) in [6.45, 7) is 3.59. The van der Waals surface area contributed by atoms with E-state index in [4.69, 9.17) is 0 Å². The maximum absolute atomic E-state index is 13.2. The quantitative estimate of drug-likeness (QED) is 0.853. The lowest BCUT2D eigenvalue weighted by Crippen LogP contribution is -2.37. The van der Waals surface area contributed by atoms with Gasteiger partial charge in [0.25, 0.3) is 0 Å². The van der Waals surface area contributed by atoms with Gasteiger partial charge in [0.1, 0.15) is 17.5 Å². The molecule has 2 N–H and O–H groups in total. The normalized spacial score (nSPS) is 12.1. The maximum atomic E-state index is 13.2. The zero-order chi connectivity index (χ0) is 13.0. The second kappa shape index (κ2) is 5.56. The number of hydrogen-bond donors (Lipinski definition) is 2. The number of amides is 1. The van der Waals surface area contributed by atoms with Gasteiger partial charge in [-0.1, -0.05) is 0 Å². The average Bonchev–Trinajstić information content (AvgIpc) is 2.23. The van der Waals surface area contributed by atoms with Crippen molar-refractivity contribution in [1.82, 2.24) is 5.32 Å². The molecule has 0 bridgehead atoms. The van der Waals surface area contributed by atoms with Crippen molar-refractivity contribution in [2.45, 2.75) is 19.9 Å². The monoisotopic (exact) mass is 246 g/mol. The summed E-state index contributed by atoms with van der Waals surface area (Å²) >= 11 is 0.